The molecule has 0 bridgehead atoms. The van der Waals surface area contributed by atoms with Gasteiger partial charge in [0.05, 0.1) is 26.2 Å². The fraction of sp³-hybridized carbons (Fsp3) is 0.375. The number of carbonyl (C=O) groups is 3. The third-order valence-electron chi connectivity index (χ3n) is 6.82. The second-order valence-corrected chi connectivity index (χ2v) is 9.94. The smallest absolute Gasteiger partial charge is 0.312 e. The lowest BCUT2D eigenvalue weighted by Gasteiger charge is -2.31. The monoisotopic (exact) mass is 577 g/mol. The van der Waals surface area contributed by atoms with E-state index >= 15 is 0 Å². The number of rotatable bonds is 11. The van der Waals surface area contributed by atoms with Crippen LogP contribution in [0.4, 0.5) is 0 Å². The van der Waals surface area contributed by atoms with Crippen molar-refractivity contribution in [2.24, 2.45) is 11.8 Å². The molecule has 4 atom stereocenters. The lowest BCUT2D eigenvalue weighted by atomic mass is 9.91. The van der Waals surface area contributed by atoms with E-state index in [-0.39, 0.29) is 42.7 Å². The number of hydrogen-bond donors (Lipinski definition) is 0. The van der Waals surface area contributed by atoms with Gasteiger partial charge in [-0.05, 0) is 31.0 Å². The molecule has 10 heteroatoms. The second-order valence-electron chi connectivity index (χ2n) is 9.94. The first-order chi connectivity index (χ1) is 20.4. The summed E-state index contributed by atoms with van der Waals surface area (Å²) in [4.78, 5) is 42.1. The number of para-hydroxylation sites is 1. The van der Waals surface area contributed by atoms with Crippen LogP contribution in [0.2, 0.25) is 0 Å². The van der Waals surface area contributed by atoms with Gasteiger partial charge in [-0.15, -0.1) is 0 Å². The van der Waals surface area contributed by atoms with Crippen molar-refractivity contribution in [2.45, 2.75) is 38.9 Å². The highest BCUT2D eigenvalue weighted by Crippen LogP contribution is 2.32. The van der Waals surface area contributed by atoms with Gasteiger partial charge >= 0.3 is 11.9 Å². The number of pyridine rings is 1. The summed E-state index contributed by atoms with van der Waals surface area (Å²) in [6, 6.07) is 20.8. The Morgan fingerprint density at radius 3 is 2.40 bits per heavy atom. The summed E-state index contributed by atoms with van der Waals surface area (Å²) in [7, 11) is 1.41. The molecule has 1 fully saturated rings. The minimum atomic E-state index is -0.901. The summed E-state index contributed by atoms with van der Waals surface area (Å²) in [6.07, 6.45) is 0.643. The topological polar surface area (TPSA) is 119 Å². The lowest BCUT2D eigenvalue weighted by Crippen LogP contribution is -2.42. The van der Waals surface area contributed by atoms with Crippen LogP contribution in [0.25, 0.3) is 0 Å². The van der Waals surface area contributed by atoms with Crippen molar-refractivity contribution in [1.29, 1.82) is 0 Å². The van der Waals surface area contributed by atoms with Crippen molar-refractivity contribution in [3.8, 4) is 17.2 Å². The molecule has 4 rings (SSSR count). The van der Waals surface area contributed by atoms with Crippen LogP contribution in [0.3, 0.4) is 0 Å². The van der Waals surface area contributed by atoms with Crippen LogP contribution in [-0.2, 0) is 30.2 Å². The lowest BCUT2D eigenvalue weighted by molar-refractivity contribution is -0.158. The zero-order valence-electron chi connectivity index (χ0n) is 23.9. The highest BCUT2D eigenvalue weighted by molar-refractivity contribution is 5.99. The Hall–Kier alpha value is -4.44. The molecule has 222 valence electrons. The van der Waals surface area contributed by atoms with E-state index in [4.69, 9.17) is 28.4 Å². The number of Topliss-reactive ketones (excluding diaryl/α,β-unsaturated/α-hetero) is 1. The Labute approximate surface area is 244 Å². The molecule has 1 saturated heterocycles. The SMILES string of the molecule is COc1ccnc(C(=O)C[C@H]2COC[C@H](Cc3ccccc3)[C@@H](Oc3ccccc3)[C@H](C)OC2=O)c1OCOC(C)=O. The number of nitrogens with zero attached hydrogens (tertiary/aromatic N) is 1. The van der Waals surface area contributed by atoms with Gasteiger partial charge in [0.1, 0.15) is 18.0 Å². The Morgan fingerprint density at radius 1 is 1.00 bits per heavy atom. The molecule has 0 spiro atoms. The molecular weight excluding hydrogens is 542 g/mol. The van der Waals surface area contributed by atoms with Crippen LogP contribution in [0, 0.1) is 11.8 Å². The molecule has 42 heavy (non-hydrogen) atoms. The molecule has 0 unspecified atom stereocenters. The van der Waals surface area contributed by atoms with Crippen molar-refractivity contribution < 1.29 is 42.8 Å². The first kappa shape index (κ1) is 30.5. The number of esters is 2. The number of hydrogen-bond acceptors (Lipinski definition) is 10. The zero-order valence-corrected chi connectivity index (χ0v) is 23.9. The predicted octanol–water partition coefficient (Wildman–Crippen LogP) is 4.45. The van der Waals surface area contributed by atoms with E-state index in [2.05, 4.69) is 4.98 Å². The minimum absolute atomic E-state index is 0.0104. The van der Waals surface area contributed by atoms with Crippen LogP contribution >= 0.6 is 0 Å². The maximum Gasteiger partial charge on any atom is 0.312 e. The van der Waals surface area contributed by atoms with Crippen molar-refractivity contribution in [1.82, 2.24) is 4.98 Å². The zero-order chi connectivity index (χ0) is 29.9. The maximum absolute atomic E-state index is 13.4. The van der Waals surface area contributed by atoms with E-state index in [0.717, 1.165) is 5.56 Å². The normalized spacial score (nSPS) is 20.7. The van der Waals surface area contributed by atoms with E-state index in [0.29, 0.717) is 12.2 Å². The van der Waals surface area contributed by atoms with Crippen molar-refractivity contribution in [3.63, 3.8) is 0 Å². The van der Waals surface area contributed by atoms with Gasteiger partial charge in [-0.3, -0.25) is 14.4 Å². The minimum Gasteiger partial charge on any atom is -0.493 e. The molecule has 3 aromatic rings. The van der Waals surface area contributed by atoms with Crippen LogP contribution in [0.1, 0.15) is 36.3 Å². The van der Waals surface area contributed by atoms with Gasteiger partial charge in [-0.2, -0.15) is 0 Å². The average Bonchev–Trinajstić information content (AvgIpc) is 3.03. The molecule has 0 N–H and O–H groups in total. The van der Waals surface area contributed by atoms with E-state index in [1.807, 2.05) is 60.7 Å². The van der Waals surface area contributed by atoms with E-state index < -0.39 is 42.6 Å². The molecule has 10 nitrogen and oxygen atoms in total. The molecule has 0 radical (unpaired) electrons. The quantitative estimate of drug-likeness (QED) is 0.184. The summed E-state index contributed by atoms with van der Waals surface area (Å²) in [5.74, 6) is -1.77. The van der Waals surface area contributed by atoms with Crippen molar-refractivity contribution in [3.05, 3.63) is 84.2 Å². The molecule has 1 aromatic heterocycles. The largest absolute Gasteiger partial charge is 0.493 e. The van der Waals surface area contributed by atoms with Gasteiger partial charge < -0.3 is 28.4 Å². The third kappa shape index (κ3) is 8.29. The fourth-order valence-electron chi connectivity index (χ4n) is 4.76. The van der Waals surface area contributed by atoms with Gasteiger partial charge in [-0.25, -0.2) is 4.98 Å². The van der Waals surface area contributed by atoms with Crippen LogP contribution in [0.15, 0.2) is 72.9 Å². The van der Waals surface area contributed by atoms with E-state index in [1.165, 1.54) is 26.3 Å². The molecule has 0 saturated carbocycles. The predicted molar refractivity (Wildman–Crippen MR) is 151 cm³/mol. The number of aromatic nitrogens is 1. The van der Waals surface area contributed by atoms with Gasteiger partial charge in [-0.1, -0.05) is 48.5 Å². The standard InChI is InChI=1S/C32H35NO9/c1-21-30(42-26-12-8-5-9-13-26)24(16-23-10-6-4-7-11-23)18-38-19-25(32(36)41-21)17-27(35)29-31(40-20-39-22(2)34)28(37-3)14-15-33-29/h4-15,21,24-25,30H,16-20H2,1-3H3/t21-,24-,25-,30-/m0/s1. The number of methoxy groups -OCH3 is 1. The van der Waals surface area contributed by atoms with Gasteiger partial charge in [0.25, 0.3) is 0 Å². The first-order valence-electron chi connectivity index (χ1n) is 13.7. The number of ketones is 1. The fourth-order valence-corrected chi connectivity index (χ4v) is 4.76. The summed E-state index contributed by atoms with van der Waals surface area (Å²) >= 11 is 0. The molecule has 0 aliphatic carbocycles. The second kappa shape index (κ2) is 15.0. The van der Waals surface area contributed by atoms with Crippen LogP contribution < -0.4 is 14.2 Å². The highest BCUT2D eigenvalue weighted by atomic mass is 16.7. The van der Waals surface area contributed by atoms with Crippen molar-refractivity contribution in [2.75, 3.05) is 27.1 Å². The first-order valence-corrected chi connectivity index (χ1v) is 13.7. The van der Waals surface area contributed by atoms with Gasteiger partial charge in [0.15, 0.2) is 23.0 Å². The van der Waals surface area contributed by atoms with Gasteiger partial charge in [0.2, 0.25) is 6.79 Å². The molecule has 0 amide bonds. The van der Waals surface area contributed by atoms with Crippen LogP contribution in [0.5, 0.6) is 17.2 Å². The van der Waals surface area contributed by atoms with Gasteiger partial charge in [0, 0.05) is 31.5 Å². The molecule has 1 aliphatic heterocycles. The number of carbonyl (C=O) groups excluding carboxylic acids is 3. The Morgan fingerprint density at radius 2 is 1.71 bits per heavy atom. The maximum atomic E-state index is 13.4. The summed E-state index contributed by atoms with van der Waals surface area (Å²) in [6.45, 7) is 2.84. The number of ether oxygens (including phenoxy) is 6. The Bertz CT molecular complexity index is 1330. The number of benzene rings is 2. The Balaban J connectivity index is 1.54. The van der Waals surface area contributed by atoms with Crippen molar-refractivity contribution >= 4 is 17.7 Å². The van der Waals surface area contributed by atoms with E-state index in [9.17, 15) is 14.4 Å². The number of cyclic esters (lactones) is 1. The van der Waals surface area contributed by atoms with E-state index in [1.54, 1.807) is 6.92 Å². The average molecular weight is 578 g/mol. The summed E-state index contributed by atoms with van der Waals surface area (Å²) in [5.41, 5.74) is 1.04. The highest BCUT2D eigenvalue weighted by Gasteiger charge is 2.37. The Kier molecular flexibility index (Phi) is 10.9. The van der Waals surface area contributed by atoms with Crippen LogP contribution in [-0.4, -0.2) is 62.0 Å². The molecule has 2 heterocycles. The molecule has 1 aliphatic rings. The summed E-state index contributed by atoms with van der Waals surface area (Å²) in [5, 5.41) is 0. The summed E-state index contributed by atoms with van der Waals surface area (Å²) < 4.78 is 34.0. The molecule has 2 aromatic carbocycles. The molecular formula is C32H35NO9. The third-order valence-corrected chi connectivity index (χ3v) is 6.82.